The highest BCUT2D eigenvalue weighted by molar-refractivity contribution is 5.97. The number of ketones is 1. The van der Waals surface area contributed by atoms with Crippen LogP contribution >= 0.6 is 0 Å². The summed E-state index contributed by atoms with van der Waals surface area (Å²) in [5.41, 5.74) is 0.863. The minimum atomic E-state index is 0.224. The Labute approximate surface area is 78.8 Å². The van der Waals surface area contributed by atoms with Crippen molar-refractivity contribution in [1.29, 1.82) is 0 Å². The van der Waals surface area contributed by atoms with Crippen molar-refractivity contribution >= 4 is 5.78 Å². The van der Waals surface area contributed by atoms with Crippen molar-refractivity contribution in [3.8, 4) is 0 Å². The number of Topliss-reactive ketones (excluding diaryl/α,β-unsaturated/α-hetero) is 1. The molecule has 1 atom stereocenters. The van der Waals surface area contributed by atoms with E-state index in [2.05, 4.69) is 0 Å². The lowest BCUT2D eigenvalue weighted by Crippen LogP contribution is -2.12. The molecule has 1 aromatic rings. The summed E-state index contributed by atoms with van der Waals surface area (Å²) < 4.78 is 0. The molecule has 1 nitrogen and oxygen atoms in total. The van der Waals surface area contributed by atoms with E-state index in [4.69, 9.17) is 0 Å². The van der Waals surface area contributed by atoms with Gasteiger partial charge in [0.1, 0.15) is 0 Å². The fourth-order valence-electron chi connectivity index (χ4n) is 1.68. The number of hydrogen-bond acceptors (Lipinski definition) is 1. The van der Waals surface area contributed by atoms with Crippen LogP contribution in [0.3, 0.4) is 0 Å². The summed E-state index contributed by atoms with van der Waals surface area (Å²) in [4.78, 5) is 11.8. The second kappa shape index (κ2) is 3.33. The van der Waals surface area contributed by atoms with Crippen molar-refractivity contribution in [2.75, 3.05) is 0 Å². The fourth-order valence-corrected chi connectivity index (χ4v) is 1.68. The highest BCUT2D eigenvalue weighted by atomic mass is 16.1. The third-order valence-corrected chi connectivity index (χ3v) is 2.80. The van der Waals surface area contributed by atoms with Crippen molar-refractivity contribution in [2.45, 2.75) is 19.8 Å². The molecule has 13 heavy (non-hydrogen) atoms. The quantitative estimate of drug-likeness (QED) is 0.644. The van der Waals surface area contributed by atoms with Crippen LogP contribution in [0.2, 0.25) is 0 Å². The first kappa shape index (κ1) is 8.49. The summed E-state index contributed by atoms with van der Waals surface area (Å²) in [6.45, 7) is 2.05. The Kier molecular flexibility index (Phi) is 2.17. The average Bonchev–Trinajstić information content (AvgIpc) is 3.00. The first-order valence-electron chi connectivity index (χ1n) is 4.88. The molecular weight excluding hydrogens is 160 g/mol. The minimum absolute atomic E-state index is 0.224. The summed E-state index contributed by atoms with van der Waals surface area (Å²) in [5.74, 6) is 1.19. The maximum absolute atomic E-state index is 11.8. The molecule has 0 aromatic heterocycles. The van der Waals surface area contributed by atoms with Gasteiger partial charge in [0.05, 0.1) is 0 Å². The fraction of sp³-hybridized carbons (Fsp3) is 0.417. The second-order valence-electron chi connectivity index (χ2n) is 3.86. The van der Waals surface area contributed by atoms with E-state index >= 15 is 0 Å². The summed E-state index contributed by atoms with van der Waals surface area (Å²) in [6.07, 6.45) is 2.47. The van der Waals surface area contributed by atoms with Crippen LogP contribution in [-0.4, -0.2) is 5.78 Å². The molecule has 0 bridgehead atoms. The van der Waals surface area contributed by atoms with E-state index in [1.807, 2.05) is 37.3 Å². The molecule has 2 rings (SSSR count). The van der Waals surface area contributed by atoms with Gasteiger partial charge in [-0.1, -0.05) is 37.3 Å². The van der Waals surface area contributed by atoms with E-state index in [1.54, 1.807) is 0 Å². The Bertz CT molecular complexity index is 298. The number of rotatable bonds is 3. The molecule has 0 aliphatic heterocycles. The normalized spacial score (nSPS) is 18.2. The van der Waals surface area contributed by atoms with Gasteiger partial charge in [-0.25, -0.2) is 0 Å². The first-order chi connectivity index (χ1) is 6.29. The van der Waals surface area contributed by atoms with Gasteiger partial charge in [0.15, 0.2) is 5.78 Å². The standard InChI is InChI=1S/C12H14O/c1-9(10-7-8-10)12(13)11-5-3-2-4-6-11/h2-6,9-10H,7-8H2,1H3. The molecule has 1 aliphatic rings. The molecule has 1 aromatic carbocycles. The lowest BCUT2D eigenvalue weighted by molar-refractivity contribution is 0.0916. The molecule has 0 amide bonds. The zero-order valence-electron chi connectivity index (χ0n) is 7.86. The van der Waals surface area contributed by atoms with E-state index in [9.17, 15) is 4.79 Å². The van der Waals surface area contributed by atoms with Crippen LogP contribution in [0.5, 0.6) is 0 Å². The van der Waals surface area contributed by atoms with Gasteiger partial charge >= 0.3 is 0 Å². The predicted octanol–water partition coefficient (Wildman–Crippen LogP) is 2.92. The largest absolute Gasteiger partial charge is 0.294 e. The lowest BCUT2D eigenvalue weighted by Gasteiger charge is -2.07. The predicted molar refractivity (Wildman–Crippen MR) is 52.7 cm³/mol. The van der Waals surface area contributed by atoms with Crippen LogP contribution < -0.4 is 0 Å². The molecule has 68 valence electrons. The van der Waals surface area contributed by atoms with Gasteiger partial charge in [-0.2, -0.15) is 0 Å². The molecular formula is C12H14O. The monoisotopic (exact) mass is 174 g/mol. The summed E-state index contributed by atoms with van der Waals surface area (Å²) in [7, 11) is 0. The van der Waals surface area contributed by atoms with Gasteiger partial charge in [-0.15, -0.1) is 0 Å². The molecule has 0 radical (unpaired) electrons. The lowest BCUT2D eigenvalue weighted by atomic mass is 9.95. The van der Waals surface area contributed by atoms with Crippen LogP contribution in [0.1, 0.15) is 30.1 Å². The Morgan fingerprint density at radius 2 is 1.92 bits per heavy atom. The molecule has 1 unspecified atom stereocenters. The number of carbonyl (C=O) groups is 1. The van der Waals surface area contributed by atoms with Crippen LogP contribution in [0, 0.1) is 11.8 Å². The van der Waals surface area contributed by atoms with Crippen molar-refractivity contribution in [3.63, 3.8) is 0 Å². The molecule has 1 aliphatic carbocycles. The van der Waals surface area contributed by atoms with Gasteiger partial charge in [0.2, 0.25) is 0 Å². The van der Waals surface area contributed by atoms with Crippen LogP contribution in [0.4, 0.5) is 0 Å². The van der Waals surface area contributed by atoms with Crippen molar-refractivity contribution in [2.24, 2.45) is 11.8 Å². The second-order valence-corrected chi connectivity index (χ2v) is 3.86. The average molecular weight is 174 g/mol. The van der Waals surface area contributed by atoms with Gasteiger partial charge < -0.3 is 0 Å². The van der Waals surface area contributed by atoms with Crippen LogP contribution in [0.25, 0.3) is 0 Å². The summed E-state index contributed by atoms with van der Waals surface area (Å²) >= 11 is 0. The van der Waals surface area contributed by atoms with Gasteiger partial charge in [0.25, 0.3) is 0 Å². The molecule has 1 fully saturated rings. The Hall–Kier alpha value is -1.11. The molecule has 0 spiro atoms. The molecule has 1 saturated carbocycles. The molecule has 0 saturated heterocycles. The Morgan fingerprint density at radius 1 is 1.31 bits per heavy atom. The van der Waals surface area contributed by atoms with Gasteiger partial charge in [-0.05, 0) is 18.8 Å². The number of benzene rings is 1. The SMILES string of the molecule is CC(C(=O)c1ccccc1)C1CC1. The van der Waals surface area contributed by atoms with Crippen LogP contribution in [0.15, 0.2) is 30.3 Å². The van der Waals surface area contributed by atoms with E-state index in [0.717, 1.165) is 5.56 Å². The first-order valence-corrected chi connectivity index (χ1v) is 4.88. The highest BCUT2D eigenvalue weighted by Gasteiger charge is 2.32. The zero-order chi connectivity index (χ0) is 9.26. The third-order valence-electron chi connectivity index (χ3n) is 2.80. The number of carbonyl (C=O) groups excluding carboxylic acids is 1. The third kappa shape index (κ3) is 1.80. The smallest absolute Gasteiger partial charge is 0.165 e. The maximum atomic E-state index is 11.8. The summed E-state index contributed by atoms with van der Waals surface area (Å²) in [5, 5.41) is 0. The molecule has 0 heterocycles. The Morgan fingerprint density at radius 3 is 2.46 bits per heavy atom. The minimum Gasteiger partial charge on any atom is -0.294 e. The van der Waals surface area contributed by atoms with Crippen molar-refractivity contribution in [3.05, 3.63) is 35.9 Å². The van der Waals surface area contributed by atoms with E-state index in [1.165, 1.54) is 12.8 Å². The van der Waals surface area contributed by atoms with E-state index in [-0.39, 0.29) is 5.92 Å². The van der Waals surface area contributed by atoms with E-state index in [0.29, 0.717) is 11.7 Å². The van der Waals surface area contributed by atoms with Crippen molar-refractivity contribution < 1.29 is 4.79 Å². The van der Waals surface area contributed by atoms with Crippen molar-refractivity contribution in [1.82, 2.24) is 0 Å². The molecule has 1 heteroatoms. The zero-order valence-corrected chi connectivity index (χ0v) is 7.86. The van der Waals surface area contributed by atoms with E-state index < -0.39 is 0 Å². The molecule has 0 N–H and O–H groups in total. The highest BCUT2D eigenvalue weighted by Crippen LogP contribution is 2.37. The van der Waals surface area contributed by atoms with Gasteiger partial charge in [-0.3, -0.25) is 4.79 Å². The topological polar surface area (TPSA) is 17.1 Å². The van der Waals surface area contributed by atoms with Gasteiger partial charge in [0, 0.05) is 11.5 Å². The number of hydrogen-bond donors (Lipinski definition) is 0. The maximum Gasteiger partial charge on any atom is 0.165 e. The van der Waals surface area contributed by atoms with Crippen LogP contribution in [-0.2, 0) is 0 Å². The summed E-state index contributed by atoms with van der Waals surface area (Å²) in [6, 6.07) is 9.60. The Balaban J connectivity index is 2.12.